The molecule has 1 aromatic rings. The summed E-state index contributed by atoms with van der Waals surface area (Å²) >= 11 is 3.28. The second-order valence-electron chi connectivity index (χ2n) is 4.26. The maximum absolute atomic E-state index is 13.3. The van der Waals surface area contributed by atoms with Crippen LogP contribution in [0.25, 0.3) is 0 Å². The Kier molecular flexibility index (Phi) is 5.41. The topological polar surface area (TPSA) is 30.5 Å². The van der Waals surface area contributed by atoms with E-state index in [2.05, 4.69) is 21.2 Å². The molecule has 0 spiro atoms. The van der Waals surface area contributed by atoms with Crippen LogP contribution in [0.1, 0.15) is 12.8 Å². The van der Waals surface area contributed by atoms with Gasteiger partial charge < -0.3 is 14.8 Å². The van der Waals surface area contributed by atoms with Crippen molar-refractivity contribution in [3.8, 4) is 5.75 Å². The first-order valence-electron chi connectivity index (χ1n) is 6.16. The van der Waals surface area contributed by atoms with Gasteiger partial charge >= 0.3 is 0 Å². The number of rotatable bonds is 6. The summed E-state index contributed by atoms with van der Waals surface area (Å²) in [5.41, 5.74) is 0. The van der Waals surface area contributed by atoms with Crippen molar-refractivity contribution in [3.63, 3.8) is 0 Å². The van der Waals surface area contributed by atoms with Crippen molar-refractivity contribution in [2.24, 2.45) is 0 Å². The van der Waals surface area contributed by atoms with E-state index in [1.807, 2.05) is 0 Å². The van der Waals surface area contributed by atoms with Crippen LogP contribution < -0.4 is 10.1 Å². The predicted octanol–water partition coefficient (Wildman–Crippen LogP) is 2.74. The Morgan fingerprint density at radius 3 is 3.17 bits per heavy atom. The van der Waals surface area contributed by atoms with Gasteiger partial charge in [0.2, 0.25) is 0 Å². The Hall–Kier alpha value is -0.650. The third-order valence-electron chi connectivity index (χ3n) is 2.83. The minimum atomic E-state index is -0.336. The SMILES string of the molecule is Fc1ccc(Br)cc1OCCNCC1CCCO1. The van der Waals surface area contributed by atoms with Crippen molar-refractivity contribution in [1.29, 1.82) is 0 Å². The average Bonchev–Trinajstić information content (AvgIpc) is 2.86. The molecule has 0 radical (unpaired) electrons. The molecule has 1 heterocycles. The van der Waals surface area contributed by atoms with Crippen LogP contribution in [-0.2, 0) is 4.74 Å². The molecule has 1 fully saturated rings. The summed E-state index contributed by atoms with van der Waals surface area (Å²) in [5.74, 6) is -0.0550. The molecule has 5 heteroatoms. The Balaban J connectivity index is 1.64. The Labute approximate surface area is 115 Å². The molecule has 1 aromatic carbocycles. The van der Waals surface area contributed by atoms with Gasteiger partial charge in [-0.2, -0.15) is 0 Å². The number of nitrogens with one attached hydrogen (secondary N) is 1. The van der Waals surface area contributed by atoms with Gasteiger partial charge in [-0.25, -0.2) is 4.39 Å². The highest BCUT2D eigenvalue weighted by Gasteiger charge is 2.14. The van der Waals surface area contributed by atoms with E-state index in [1.165, 1.54) is 6.07 Å². The van der Waals surface area contributed by atoms with Gasteiger partial charge in [-0.1, -0.05) is 15.9 Å². The van der Waals surface area contributed by atoms with Crippen molar-refractivity contribution >= 4 is 15.9 Å². The minimum absolute atomic E-state index is 0.281. The lowest BCUT2D eigenvalue weighted by molar-refractivity contribution is 0.109. The van der Waals surface area contributed by atoms with Crippen LogP contribution in [0.5, 0.6) is 5.75 Å². The molecule has 18 heavy (non-hydrogen) atoms. The second-order valence-corrected chi connectivity index (χ2v) is 5.18. The lowest BCUT2D eigenvalue weighted by Crippen LogP contribution is -2.29. The molecule has 1 atom stereocenters. The largest absolute Gasteiger partial charge is 0.489 e. The van der Waals surface area contributed by atoms with Crippen LogP contribution in [0, 0.1) is 5.82 Å². The summed E-state index contributed by atoms with van der Waals surface area (Å²) in [6, 6.07) is 4.67. The van der Waals surface area contributed by atoms with Crippen molar-refractivity contribution in [2.75, 3.05) is 26.3 Å². The van der Waals surface area contributed by atoms with Crippen LogP contribution >= 0.6 is 15.9 Å². The molecule has 0 aliphatic carbocycles. The molecule has 100 valence electrons. The van der Waals surface area contributed by atoms with E-state index in [-0.39, 0.29) is 11.6 Å². The quantitative estimate of drug-likeness (QED) is 0.818. The molecule has 2 rings (SSSR count). The van der Waals surface area contributed by atoms with Gasteiger partial charge in [-0.15, -0.1) is 0 Å². The van der Waals surface area contributed by atoms with E-state index in [0.29, 0.717) is 19.3 Å². The van der Waals surface area contributed by atoms with Crippen LogP contribution in [0.4, 0.5) is 4.39 Å². The van der Waals surface area contributed by atoms with Gasteiger partial charge in [-0.3, -0.25) is 0 Å². The summed E-state index contributed by atoms with van der Waals surface area (Å²) in [7, 11) is 0. The maximum Gasteiger partial charge on any atom is 0.165 e. The summed E-state index contributed by atoms with van der Waals surface area (Å²) in [5, 5.41) is 3.25. The molecular formula is C13H17BrFNO2. The van der Waals surface area contributed by atoms with E-state index in [1.54, 1.807) is 12.1 Å². The Morgan fingerprint density at radius 2 is 2.39 bits per heavy atom. The normalized spacial score (nSPS) is 19.1. The summed E-state index contributed by atoms with van der Waals surface area (Å²) in [6.45, 7) is 2.84. The third-order valence-corrected chi connectivity index (χ3v) is 3.32. The standard InChI is InChI=1S/C13H17BrFNO2/c14-10-3-4-12(15)13(8-10)18-7-5-16-9-11-2-1-6-17-11/h3-4,8,11,16H,1-2,5-7,9H2. The van der Waals surface area contributed by atoms with E-state index in [9.17, 15) is 4.39 Å². The molecule has 1 N–H and O–H groups in total. The van der Waals surface area contributed by atoms with Gasteiger partial charge in [0.25, 0.3) is 0 Å². The highest BCUT2D eigenvalue weighted by Crippen LogP contribution is 2.21. The zero-order valence-electron chi connectivity index (χ0n) is 10.1. The van der Waals surface area contributed by atoms with E-state index < -0.39 is 0 Å². The van der Waals surface area contributed by atoms with Gasteiger partial charge in [0.05, 0.1) is 6.10 Å². The van der Waals surface area contributed by atoms with Crippen molar-refractivity contribution in [3.05, 3.63) is 28.5 Å². The van der Waals surface area contributed by atoms with E-state index in [4.69, 9.17) is 9.47 Å². The molecule has 1 aliphatic rings. The van der Waals surface area contributed by atoms with Crippen molar-refractivity contribution in [1.82, 2.24) is 5.32 Å². The zero-order valence-corrected chi connectivity index (χ0v) is 11.7. The fraction of sp³-hybridized carbons (Fsp3) is 0.538. The first kappa shape index (κ1) is 13.8. The Morgan fingerprint density at radius 1 is 1.50 bits per heavy atom. The fourth-order valence-electron chi connectivity index (χ4n) is 1.89. The monoisotopic (exact) mass is 317 g/mol. The number of benzene rings is 1. The van der Waals surface area contributed by atoms with Crippen LogP contribution in [-0.4, -0.2) is 32.4 Å². The van der Waals surface area contributed by atoms with Crippen LogP contribution in [0.2, 0.25) is 0 Å². The molecule has 3 nitrogen and oxygen atoms in total. The number of hydrogen-bond donors (Lipinski definition) is 1. The molecule has 1 aliphatic heterocycles. The number of ether oxygens (including phenoxy) is 2. The molecule has 0 bridgehead atoms. The van der Waals surface area contributed by atoms with Crippen molar-refractivity contribution < 1.29 is 13.9 Å². The fourth-order valence-corrected chi connectivity index (χ4v) is 2.23. The average molecular weight is 318 g/mol. The first-order chi connectivity index (χ1) is 8.75. The molecular weight excluding hydrogens is 301 g/mol. The highest BCUT2D eigenvalue weighted by atomic mass is 79.9. The summed E-state index contributed by atoms with van der Waals surface area (Å²) < 4.78 is 25.0. The summed E-state index contributed by atoms with van der Waals surface area (Å²) in [6.07, 6.45) is 2.59. The van der Waals surface area contributed by atoms with Crippen molar-refractivity contribution in [2.45, 2.75) is 18.9 Å². The predicted molar refractivity (Wildman–Crippen MR) is 71.4 cm³/mol. The Bertz CT molecular complexity index is 383. The zero-order chi connectivity index (χ0) is 12.8. The molecule has 0 amide bonds. The first-order valence-corrected chi connectivity index (χ1v) is 6.95. The lowest BCUT2D eigenvalue weighted by Gasteiger charge is -2.11. The van der Waals surface area contributed by atoms with Gasteiger partial charge in [0, 0.05) is 24.2 Å². The number of halogens is 2. The van der Waals surface area contributed by atoms with E-state index >= 15 is 0 Å². The number of hydrogen-bond acceptors (Lipinski definition) is 3. The molecule has 0 saturated carbocycles. The summed E-state index contributed by atoms with van der Waals surface area (Å²) in [4.78, 5) is 0. The van der Waals surface area contributed by atoms with Gasteiger partial charge in [-0.05, 0) is 31.0 Å². The van der Waals surface area contributed by atoms with Crippen LogP contribution in [0.15, 0.2) is 22.7 Å². The van der Waals surface area contributed by atoms with Gasteiger partial charge in [0.1, 0.15) is 6.61 Å². The lowest BCUT2D eigenvalue weighted by atomic mass is 10.2. The third kappa shape index (κ3) is 4.23. The highest BCUT2D eigenvalue weighted by molar-refractivity contribution is 9.10. The van der Waals surface area contributed by atoms with Gasteiger partial charge in [0.15, 0.2) is 11.6 Å². The molecule has 0 aromatic heterocycles. The van der Waals surface area contributed by atoms with Crippen LogP contribution in [0.3, 0.4) is 0 Å². The molecule has 1 saturated heterocycles. The minimum Gasteiger partial charge on any atom is -0.489 e. The van der Waals surface area contributed by atoms with E-state index in [0.717, 1.165) is 30.5 Å². The maximum atomic E-state index is 13.3. The molecule has 1 unspecified atom stereocenters. The smallest absolute Gasteiger partial charge is 0.165 e. The second kappa shape index (κ2) is 7.07.